The number of nitrogens with zero attached hydrogens (tertiary/aromatic N) is 6. The molecule has 0 fully saturated rings. The van der Waals surface area contributed by atoms with Gasteiger partial charge in [-0.05, 0) is 34.7 Å². The van der Waals surface area contributed by atoms with E-state index in [-0.39, 0.29) is 5.91 Å². The minimum Gasteiger partial charge on any atom is -0.267 e. The molecule has 112 valence electrons. The fourth-order valence-electron chi connectivity index (χ4n) is 2.35. The Hall–Kier alpha value is -3.55. The summed E-state index contributed by atoms with van der Waals surface area (Å²) < 4.78 is 3.04. The maximum atomic E-state index is 12.6. The highest BCUT2D eigenvalue weighted by Gasteiger charge is 2.14. The second kappa shape index (κ2) is 5.34. The molecule has 1 N–H and O–H groups in total. The van der Waals surface area contributed by atoms with Crippen LogP contribution in [0.5, 0.6) is 0 Å². The van der Waals surface area contributed by atoms with E-state index >= 15 is 0 Å². The van der Waals surface area contributed by atoms with Gasteiger partial charge in [-0.25, -0.2) is 9.66 Å². The molecular formula is C15H11N7O. The molecular weight excluding hydrogens is 294 g/mol. The van der Waals surface area contributed by atoms with Crippen LogP contribution in [0.4, 0.5) is 0 Å². The first-order chi connectivity index (χ1) is 11.3. The number of hydrogen-bond acceptors (Lipinski definition) is 5. The molecule has 23 heavy (non-hydrogen) atoms. The highest BCUT2D eigenvalue weighted by molar-refractivity contribution is 6.03. The van der Waals surface area contributed by atoms with Gasteiger partial charge in [0.25, 0.3) is 5.91 Å². The quantitative estimate of drug-likeness (QED) is 0.618. The SMILES string of the molecule is O=C(Nn1cnc2ccccc21)c1ccccc1-n1cnnn1. The fourth-order valence-corrected chi connectivity index (χ4v) is 2.35. The van der Waals surface area contributed by atoms with E-state index in [9.17, 15) is 4.79 Å². The van der Waals surface area contributed by atoms with Crippen LogP contribution >= 0.6 is 0 Å². The van der Waals surface area contributed by atoms with Gasteiger partial charge in [0.05, 0.1) is 22.3 Å². The van der Waals surface area contributed by atoms with Gasteiger partial charge in [0.1, 0.15) is 12.7 Å². The summed E-state index contributed by atoms with van der Waals surface area (Å²) in [4.78, 5) is 16.9. The predicted molar refractivity (Wildman–Crippen MR) is 82.6 cm³/mol. The van der Waals surface area contributed by atoms with Crippen molar-refractivity contribution >= 4 is 16.9 Å². The average Bonchev–Trinajstić information content (AvgIpc) is 3.25. The lowest BCUT2D eigenvalue weighted by Crippen LogP contribution is -2.23. The van der Waals surface area contributed by atoms with Crippen molar-refractivity contribution in [2.75, 3.05) is 5.43 Å². The zero-order valence-corrected chi connectivity index (χ0v) is 11.9. The first-order valence-corrected chi connectivity index (χ1v) is 6.89. The van der Waals surface area contributed by atoms with E-state index < -0.39 is 0 Å². The molecule has 1 amide bonds. The van der Waals surface area contributed by atoms with E-state index in [0.29, 0.717) is 11.3 Å². The Labute approximate surface area is 130 Å². The summed E-state index contributed by atoms with van der Waals surface area (Å²) in [6.07, 6.45) is 3.01. The van der Waals surface area contributed by atoms with Crippen molar-refractivity contribution in [1.29, 1.82) is 0 Å². The van der Waals surface area contributed by atoms with Crippen molar-refractivity contribution in [3.05, 3.63) is 66.7 Å². The predicted octanol–water partition coefficient (Wildman–Crippen LogP) is 1.40. The van der Waals surface area contributed by atoms with Gasteiger partial charge in [0.15, 0.2) is 0 Å². The number of fused-ring (bicyclic) bond motifs is 1. The lowest BCUT2D eigenvalue weighted by atomic mass is 10.1. The number of carbonyl (C=O) groups excluding carboxylic acids is 1. The minimum atomic E-state index is -0.278. The van der Waals surface area contributed by atoms with Crippen molar-refractivity contribution in [2.45, 2.75) is 0 Å². The van der Waals surface area contributed by atoms with Crippen LogP contribution in [0.25, 0.3) is 16.7 Å². The van der Waals surface area contributed by atoms with Crippen LogP contribution < -0.4 is 5.43 Å². The highest BCUT2D eigenvalue weighted by Crippen LogP contribution is 2.14. The van der Waals surface area contributed by atoms with Gasteiger partial charge < -0.3 is 0 Å². The molecule has 0 saturated heterocycles. The molecule has 8 nitrogen and oxygen atoms in total. The third-order valence-corrected chi connectivity index (χ3v) is 3.42. The third-order valence-electron chi connectivity index (χ3n) is 3.42. The topological polar surface area (TPSA) is 90.5 Å². The van der Waals surface area contributed by atoms with Gasteiger partial charge in [-0.3, -0.25) is 10.2 Å². The standard InChI is InChI=1S/C15H11N7O/c23-15(18-21-9-16-12-6-2-4-8-14(12)21)11-5-1-3-7-13(11)22-10-17-19-20-22/h1-10H,(H,18,23). The van der Waals surface area contributed by atoms with Crippen LogP contribution in [0.1, 0.15) is 10.4 Å². The smallest absolute Gasteiger partial charge is 0.267 e. The Bertz CT molecular complexity index is 974. The zero-order valence-electron chi connectivity index (χ0n) is 11.9. The Balaban J connectivity index is 1.71. The van der Waals surface area contributed by atoms with Gasteiger partial charge in [-0.15, -0.1) is 5.10 Å². The number of para-hydroxylation sites is 3. The van der Waals surface area contributed by atoms with E-state index in [1.54, 1.807) is 29.2 Å². The van der Waals surface area contributed by atoms with Crippen molar-refractivity contribution in [2.24, 2.45) is 0 Å². The molecule has 0 saturated carbocycles. The minimum absolute atomic E-state index is 0.278. The van der Waals surface area contributed by atoms with Gasteiger partial charge in [-0.2, -0.15) is 4.68 Å². The lowest BCUT2D eigenvalue weighted by Gasteiger charge is -2.10. The van der Waals surface area contributed by atoms with Gasteiger partial charge in [-0.1, -0.05) is 24.3 Å². The maximum absolute atomic E-state index is 12.6. The van der Waals surface area contributed by atoms with Crippen LogP contribution in [-0.4, -0.2) is 35.8 Å². The summed E-state index contributed by atoms with van der Waals surface area (Å²) in [6.45, 7) is 0. The van der Waals surface area contributed by atoms with E-state index in [1.165, 1.54) is 11.0 Å². The molecule has 0 bridgehead atoms. The molecule has 2 aromatic carbocycles. The summed E-state index contributed by atoms with van der Waals surface area (Å²) in [7, 11) is 0. The molecule has 0 aliphatic carbocycles. The van der Waals surface area contributed by atoms with Crippen molar-refractivity contribution in [3.8, 4) is 5.69 Å². The van der Waals surface area contributed by atoms with Gasteiger partial charge in [0.2, 0.25) is 0 Å². The number of tetrazole rings is 1. The second-order valence-electron chi connectivity index (χ2n) is 4.82. The van der Waals surface area contributed by atoms with E-state index in [1.807, 2.05) is 30.3 Å². The first-order valence-electron chi connectivity index (χ1n) is 6.89. The number of benzene rings is 2. The highest BCUT2D eigenvalue weighted by atomic mass is 16.2. The molecule has 0 radical (unpaired) electrons. The molecule has 8 heteroatoms. The van der Waals surface area contributed by atoms with Crippen LogP contribution in [-0.2, 0) is 0 Å². The van der Waals surface area contributed by atoms with Crippen molar-refractivity contribution in [3.63, 3.8) is 0 Å². The molecule has 0 spiro atoms. The molecule has 0 unspecified atom stereocenters. The number of hydrogen-bond donors (Lipinski definition) is 1. The average molecular weight is 305 g/mol. The molecule has 0 aliphatic rings. The van der Waals surface area contributed by atoms with Crippen LogP contribution in [0.15, 0.2) is 61.2 Å². The van der Waals surface area contributed by atoms with E-state index in [4.69, 9.17) is 0 Å². The number of amides is 1. The normalized spacial score (nSPS) is 10.8. The number of aromatic nitrogens is 6. The summed E-state index contributed by atoms with van der Waals surface area (Å²) in [5.74, 6) is -0.278. The Morgan fingerprint density at radius 2 is 1.83 bits per heavy atom. The summed E-state index contributed by atoms with van der Waals surface area (Å²) in [5.41, 5.74) is 5.50. The molecule has 4 aromatic rings. The van der Waals surface area contributed by atoms with Crippen LogP contribution in [0.2, 0.25) is 0 Å². The number of nitrogens with one attached hydrogen (secondary N) is 1. The Kier molecular flexibility index (Phi) is 3.05. The third kappa shape index (κ3) is 2.31. The zero-order chi connectivity index (χ0) is 15.6. The Morgan fingerprint density at radius 1 is 1.00 bits per heavy atom. The second-order valence-corrected chi connectivity index (χ2v) is 4.82. The number of carbonyl (C=O) groups is 1. The molecule has 2 heterocycles. The lowest BCUT2D eigenvalue weighted by molar-refractivity contribution is 0.101. The van der Waals surface area contributed by atoms with Gasteiger partial charge in [0, 0.05) is 0 Å². The molecule has 0 atom stereocenters. The van der Waals surface area contributed by atoms with Crippen molar-refractivity contribution in [1.82, 2.24) is 29.9 Å². The summed E-state index contributed by atoms with van der Waals surface area (Å²) in [6, 6.07) is 14.6. The molecule has 4 rings (SSSR count). The first kappa shape index (κ1) is 13.1. The summed E-state index contributed by atoms with van der Waals surface area (Å²) >= 11 is 0. The number of rotatable bonds is 3. The molecule has 2 aromatic heterocycles. The fraction of sp³-hybridized carbons (Fsp3) is 0. The summed E-state index contributed by atoms with van der Waals surface area (Å²) in [5, 5.41) is 11.0. The van der Waals surface area contributed by atoms with Crippen LogP contribution in [0, 0.1) is 0 Å². The van der Waals surface area contributed by atoms with Crippen molar-refractivity contribution < 1.29 is 4.79 Å². The van der Waals surface area contributed by atoms with E-state index in [0.717, 1.165) is 11.0 Å². The van der Waals surface area contributed by atoms with Crippen LogP contribution in [0.3, 0.4) is 0 Å². The molecule has 0 aliphatic heterocycles. The maximum Gasteiger partial charge on any atom is 0.272 e. The Morgan fingerprint density at radius 3 is 2.70 bits per heavy atom. The van der Waals surface area contributed by atoms with Gasteiger partial charge >= 0.3 is 0 Å². The van der Waals surface area contributed by atoms with E-state index in [2.05, 4.69) is 25.9 Å². The number of imidazole rings is 1. The monoisotopic (exact) mass is 305 g/mol. The largest absolute Gasteiger partial charge is 0.272 e.